The standard InChI is InChI=1S/C38H64NO10P/c1-3-5-7-9-11-13-14-15-16-17-18-19-20-22-24-26-28-30-37(41)49-34(32-47-50(44,45)48-33-35(39)38(42)43)31-46-36(40)29-27-25-23-21-12-10-8-6-4-2/h5,7,11,13,15-16,18-19,22,24,34-35H,3-4,6,8-10,12,14,17,20-21,23,25-33,39H2,1-2H3,(H,42,43)(H,44,45)/b7-5-,13-11-,16-15-,19-18-,24-22-. The number of hydrogen-bond acceptors (Lipinski definition) is 9. The minimum Gasteiger partial charge on any atom is -0.480 e. The Kier molecular flexibility index (Phi) is 31.5. The van der Waals surface area contributed by atoms with E-state index in [0.29, 0.717) is 19.3 Å². The van der Waals surface area contributed by atoms with Crippen molar-refractivity contribution in [2.45, 2.75) is 142 Å². The summed E-state index contributed by atoms with van der Waals surface area (Å²) in [5.41, 5.74) is 5.30. The van der Waals surface area contributed by atoms with E-state index in [1.807, 2.05) is 12.2 Å². The molecule has 12 heteroatoms. The predicted molar refractivity (Wildman–Crippen MR) is 198 cm³/mol. The molecule has 0 amide bonds. The zero-order valence-corrected chi connectivity index (χ0v) is 31.4. The number of phosphoric ester groups is 1. The van der Waals surface area contributed by atoms with Crippen LogP contribution in [0.25, 0.3) is 0 Å². The third kappa shape index (κ3) is 32.4. The molecule has 50 heavy (non-hydrogen) atoms. The SMILES string of the molecule is CC/C=C\C/C=C\C/C=C\C/C=C\C/C=C\CCCC(=O)OC(COC(=O)CCCCCCCCCCC)COP(=O)(O)OCC(N)C(=O)O. The van der Waals surface area contributed by atoms with Crippen LogP contribution in [0.3, 0.4) is 0 Å². The van der Waals surface area contributed by atoms with Gasteiger partial charge in [0.1, 0.15) is 12.6 Å². The molecule has 0 fully saturated rings. The van der Waals surface area contributed by atoms with Gasteiger partial charge in [0.05, 0.1) is 13.2 Å². The summed E-state index contributed by atoms with van der Waals surface area (Å²) in [6.45, 7) is 2.57. The molecule has 0 aromatic rings. The minimum atomic E-state index is -4.72. The molecular weight excluding hydrogens is 661 g/mol. The number of nitrogens with two attached hydrogens (primary N) is 1. The fourth-order valence-corrected chi connectivity index (χ4v) is 5.17. The number of carbonyl (C=O) groups is 3. The van der Waals surface area contributed by atoms with Crippen LogP contribution in [0.1, 0.15) is 129 Å². The first kappa shape index (κ1) is 47.2. The van der Waals surface area contributed by atoms with Crippen molar-refractivity contribution < 1.29 is 47.5 Å². The summed E-state index contributed by atoms with van der Waals surface area (Å²) in [5, 5.41) is 8.84. The number of unbranched alkanes of at least 4 members (excludes halogenated alkanes) is 9. The largest absolute Gasteiger partial charge is 0.480 e. The van der Waals surface area contributed by atoms with Crippen LogP contribution in [0.15, 0.2) is 60.8 Å². The number of allylic oxidation sites excluding steroid dienone is 10. The normalized spacial score (nSPS) is 14.6. The van der Waals surface area contributed by atoms with E-state index in [-0.39, 0.29) is 19.4 Å². The Morgan fingerprint density at radius 2 is 1.12 bits per heavy atom. The van der Waals surface area contributed by atoms with Crippen LogP contribution in [-0.2, 0) is 37.5 Å². The highest BCUT2D eigenvalue weighted by Gasteiger charge is 2.28. The van der Waals surface area contributed by atoms with E-state index in [2.05, 4.69) is 67.0 Å². The van der Waals surface area contributed by atoms with Gasteiger partial charge in [0.25, 0.3) is 0 Å². The molecular formula is C38H64NO10P. The smallest absolute Gasteiger partial charge is 0.472 e. The molecule has 0 saturated heterocycles. The molecule has 286 valence electrons. The van der Waals surface area contributed by atoms with Gasteiger partial charge in [0.15, 0.2) is 6.10 Å². The summed E-state index contributed by atoms with van der Waals surface area (Å²) < 4.78 is 32.4. The maximum atomic E-state index is 12.5. The summed E-state index contributed by atoms with van der Waals surface area (Å²) in [7, 11) is -4.72. The third-order valence-corrected chi connectivity index (χ3v) is 8.23. The topological polar surface area (TPSA) is 172 Å². The average molecular weight is 726 g/mol. The quantitative estimate of drug-likeness (QED) is 0.0255. The highest BCUT2D eigenvalue weighted by molar-refractivity contribution is 7.47. The van der Waals surface area contributed by atoms with Crippen molar-refractivity contribution in [3.63, 3.8) is 0 Å². The van der Waals surface area contributed by atoms with Gasteiger partial charge in [-0.05, 0) is 51.4 Å². The molecule has 3 atom stereocenters. The average Bonchev–Trinajstić information content (AvgIpc) is 3.09. The molecule has 0 spiro atoms. The van der Waals surface area contributed by atoms with E-state index >= 15 is 0 Å². The van der Waals surface area contributed by atoms with Crippen LogP contribution in [0.5, 0.6) is 0 Å². The first-order valence-corrected chi connectivity index (χ1v) is 19.8. The molecule has 0 aromatic heterocycles. The number of esters is 2. The van der Waals surface area contributed by atoms with Crippen molar-refractivity contribution in [3.05, 3.63) is 60.8 Å². The highest BCUT2D eigenvalue weighted by atomic mass is 31.2. The number of ether oxygens (including phenoxy) is 2. The number of carbonyl (C=O) groups excluding carboxylic acids is 2. The molecule has 11 nitrogen and oxygen atoms in total. The van der Waals surface area contributed by atoms with Gasteiger partial charge >= 0.3 is 25.7 Å². The zero-order chi connectivity index (χ0) is 37.1. The molecule has 0 aliphatic heterocycles. The van der Waals surface area contributed by atoms with Crippen LogP contribution in [0, 0.1) is 0 Å². The monoisotopic (exact) mass is 725 g/mol. The van der Waals surface area contributed by atoms with Crippen LogP contribution < -0.4 is 5.73 Å². The van der Waals surface area contributed by atoms with Crippen LogP contribution >= 0.6 is 7.82 Å². The Morgan fingerprint density at radius 3 is 1.66 bits per heavy atom. The number of phosphoric acid groups is 1. The van der Waals surface area contributed by atoms with Crippen molar-refractivity contribution in [3.8, 4) is 0 Å². The summed E-state index contributed by atoms with van der Waals surface area (Å²) >= 11 is 0. The van der Waals surface area contributed by atoms with Gasteiger partial charge < -0.3 is 25.2 Å². The van der Waals surface area contributed by atoms with Crippen LogP contribution in [0.4, 0.5) is 0 Å². The number of hydrogen-bond donors (Lipinski definition) is 3. The second-order valence-electron chi connectivity index (χ2n) is 12.0. The van der Waals surface area contributed by atoms with Gasteiger partial charge in [-0.15, -0.1) is 0 Å². The van der Waals surface area contributed by atoms with E-state index in [1.54, 1.807) is 0 Å². The maximum Gasteiger partial charge on any atom is 0.472 e. The molecule has 3 unspecified atom stereocenters. The molecule has 0 bridgehead atoms. The Balaban J connectivity index is 4.57. The second kappa shape index (κ2) is 33.3. The van der Waals surface area contributed by atoms with Gasteiger partial charge in [0.2, 0.25) is 0 Å². The van der Waals surface area contributed by atoms with Crippen molar-refractivity contribution in [2.24, 2.45) is 5.73 Å². The number of rotatable bonds is 33. The van der Waals surface area contributed by atoms with Crippen molar-refractivity contribution in [1.29, 1.82) is 0 Å². The van der Waals surface area contributed by atoms with Gasteiger partial charge in [-0.3, -0.25) is 23.4 Å². The van der Waals surface area contributed by atoms with Gasteiger partial charge in [0, 0.05) is 12.8 Å². The summed E-state index contributed by atoms with van der Waals surface area (Å²) in [4.78, 5) is 45.6. The highest BCUT2D eigenvalue weighted by Crippen LogP contribution is 2.43. The van der Waals surface area contributed by atoms with Crippen LogP contribution in [0.2, 0.25) is 0 Å². The lowest BCUT2D eigenvalue weighted by Crippen LogP contribution is -2.34. The fraction of sp³-hybridized carbons (Fsp3) is 0.658. The minimum absolute atomic E-state index is 0.0813. The molecule has 0 aromatic carbocycles. The Labute approximate surface area is 300 Å². The zero-order valence-electron chi connectivity index (χ0n) is 30.5. The number of carboxylic acids is 1. The Hall–Kier alpha value is -2.82. The molecule has 0 aliphatic rings. The van der Waals surface area contributed by atoms with Gasteiger partial charge in [-0.25, -0.2) is 4.57 Å². The fourth-order valence-electron chi connectivity index (χ4n) is 4.39. The second-order valence-corrected chi connectivity index (χ2v) is 13.4. The van der Waals surface area contributed by atoms with E-state index in [9.17, 15) is 23.8 Å². The summed E-state index contributed by atoms with van der Waals surface area (Å²) in [5.74, 6) is -2.47. The number of aliphatic carboxylic acids is 1. The lowest BCUT2D eigenvalue weighted by atomic mass is 10.1. The first-order valence-electron chi connectivity index (χ1n) is 18.3. The predicted octanol–water partition coefficient (Wildman–Crippen LogP) is 8.83. The van der Waals surface area contributed by atoms with Crippen molar-refractivity contribution >= 4 is 25.7 Å². The summed E-state index contributed by atoms with van der Waals surface area (Å²) in [6, 6.07) is -1.53. The first-order chi connectivity index (χ1) is 24.1. The molecule has 4 N–H and O–H groups in total. The third-order valence-electron chi connectivity index (χ3n) is 7.28. The maximum absolute atomic E-state index is 12.5. The Bertz CT molecular complexity index is 1090. The van der Waals surface area contributed by atoms with Crippen LogP contribution in [-0.4, -0.2) is 59.9 Å². The Morgan fingerprint density at radius 1 is 0.640 bits per heavy atom. The molecule has 0 aliphatic carbocycles. The van der Waals surface area contributed by atoms with E-state index in [4.69, 9.17) is 24.8 Å². The summed E-state index contributed by atoms with van der Waals surface area (Å²) in [6.07, 6.45) is 36.0. The van der Waals surface area contributed by atoms with E-state index < -0.39 is 51.1 Å². The number of carboxylic acid groups (broad SMARTS) is 1. The lowest BCUT2D eigenvalue weighted by Gasteiger charge is -2.20. The molecule has 0 rings (SSSR count). The van der Waals surface area contributed by atoms with E-state index in [1.165, 1.54) is 32.1 Å². The molecule has 0 saturated carbocycles. The van der Waals surface area contributed by atoms with Crippen molar-refractivity contribution in [1.82, 2.24) is 0 Å². The molecule has 0 heterocycles. The molecule has 0 radical (unpaired) electrons. The van der Waals surface area contributed by atoms with E-state index in [0.717, 1.165) is 51.4 Å². The van der Waals surface area contributed by atoms with Crippen molar-refractivity contribution in [2.75, 3.05) is 19.8 Å². The van der Waals surface area contributed by atoms with Gasteiger partial charge in [-0.1, -0.05) is 126 Å². The van der Waals surface area contributed by atoms with Gasteiger partial charge in [-0.2, -0.15) is 0 Å². The lowest BCUT2D eigenvalue weighted by molar-refractivity contribution is -0.161.